The quantitative estimate of drug-likeness (QED) is 0.819. The number of alkyl halides is 2. The number of methoxy groups -OCH3 is 1. The lowest BCUT2D eigenvalue weighted by Crippen LogP contribution is -2.30. The van der Waals surface area contributed by atoms with E-state index in [1.165, 1.54) is 19.2 Å². The fourth-order valence-electron chi connectivity index (χ4n) is 3.86. The fraction of sp³-hybridized carbons (Fsp3) is 0.368. The van der Waals surface area contributed by atoms with Gasteiger partial charge in [-0.2, -0.15) is 0 Å². The molecular weight excluding hydrogens is 363 g/mol. The molecule has 1 aromatic carbocycles. The first kappa shape index (κ1) is 17.6. The molecule has 1 fully saturated rings. The minimum Gasteiger partial charge on any atom is -0.466 e. The first-order valence-electron chi connectivity index (χ1n) is 8.38. The van der Waals surface area contributed by atoms with Gasteiger partial charge in [0.15, 0.2) is 0 Å². The molecule has 142 valence electrons. The summed E-state index contributed by atoms with van der Waals surface area (Å²) in [5.74, 6) is -7.52. The van der Waals surface area contributed by atoms with Crippen molar-refractivity contribution in [2.24, 2.45) is 0 Å². The summed E-state index contributed by atoms with van der Waals surface area (Å²) in [7, 11) is 1.18. The number of dihydropyridines is 1. The van der Waals surface area contributed by atoms with Crippen molar-refractivity contribution in [3.63, 3.8) is 0 Å². The van der Waals surface area contributed by atoms with E-state index in [0.717, 1.165) is 6.07 Å². The number of hydrogen-bond acceptors (Lipinski definition) is 5. The van der Waals surface area contributed by atoms with E-state index in [-0.39, 0.29) is 28.9 Å². The number of carbonyl (C=O) groups excluding carboxylic acids is 2. The molecule has 4 rings (SSSR count). The molecule has 0 radical (unpaired) electrons. The Kier molecular flexibility index (Phi) is 3.83. The van der Waals surface area contributed by atoms with E-state index in [0.29, 0.717) is 11.4 Å². The van der Waals surface area contributed by atoms with Crippen LogP contribution >= 0.6 is 0 Å². The van der Waals surface area contributed by atoms with Crippen molar-refractivity contribution in [1.29, 1.82) is 0 Å². The van der Waals surface area contributed by atoms with E-state index < -0.39 is 41.9 Å². The smallest absolute Gasteiger partial charge is 0.337 e. The van der Waals surface area contributed by atoms with E-state index in [2.05, 4.69) is 5.32 Å². The van der Waals surface area contributed by atoms with Gasteiger partial charge in [-0.15, -0.1) is 0 Å². The number of cyclic esters (lactones) is 1. The Morgan fingerprint density at radius 2 is 2.07 bits per heavy atom. The Hall–Kier alpha value is -2.77. The number of allylic oxidation sites excluding steroid dienone is 1. The van der Waals surface area contributed by atoms with Gasteiger partial charge in [0.25, 0.3) is 5.92 Å². The predicted molar refractivity (Wildman–Crippen MR) is 87.3 cm³/mol. The van der Waals surface area contributed by atoms with Gasteiger partial charge in [-0.1, -0.05) is 12.1 Å². The number of ether oxygens (including phenoxy) is 2. The highest BCUT2D eigenvalue weighted by molar-refractivity contribution is 6.01. The zero-order chi connectivity index (χ0) is 19.5. The van der Waals surface area contributed by atoms with Crippen LogP contribution in [0.25, 0.3) is 0 Å². The molecule has 3 aliphatic rings. The van der Waals surface area contributed by atoms with Crippen molar-refractivity contribution in [2.45, 2.75) is 31.1 Å². The van der Waals surface area contributed by atoms with E-state index >= 15 is 0 Å². The summed E-state index contributed by atoms with van der Waals surface area (Å²) in [6.45, 7) is 1.58. The second-order valence-electron chi connectivity index (χ2n) is 6.82. The van der Waals surface area contributed by atoms with Crippen LogP contribution in [-0.4, -0.2) is 31.6 Å². The van der Waals surface area contributed by atoms with Gasteiger partial charge >= 0.3 is 11.9 Å². The number of nitrogens with one attached hydrogen (secondary N) is 1. The molecule has 5 nitrogen and oxygen atoms in total. The van der Waals surface area contributed by atoms with Gasteiger partial charge in [-0.25, -0.2) is 22.8 Å². The first-order valence-corrected chi connectivity index (χ1v) is 8.38. The van der Waals surface area contributed by atoms with Crippen LogP contribution in [0.2, 0.25) is 0 Å². The molecule has 2 atom stereocenters. The molecule has 1 N–H and O–H groups in total. The summed E-state index contributed by atoms with van der Waals surface area (Å²) >= 11 is 0. The van der Waals surface area contributed by atoms with Crippen LogP contribution in [0.15, 0.2) is 40.7 Å². The van der Waals surface area contributed by atoms with Gasteiger partial charge in [0, 0.05) is 17.7 Å². The molecule has 1 aliphatic carbocycles. The topological polar surface area (TPSA) is 64.6 Å². The van der Waals surface area contributed by atoms with Crippen LogP contribution in [-0.2, 0) is 19.1 Å². The van der Waals surface area contributed by atoms with Gasteiger partial charge in [0.1, 0.15) is 12.4 Å². The maximum Gasteiger partial charge on any atom is 0.337 e. The van der Waals surface area contributed by atoms with E-state index in [1.54, 1.807) is 6.92 Å². The highest BCUT2D eigenvalue weighted by Gasteiger charge is 2.60. The third-order valence-corrected chi connectivity index (χ3v) is 5.19. The van der Waals surface area contributed by atoms with Crippen molar-refractivity contribution in [3.8, 4) is 0 Å². The second kappa shape index (κ2) is 5.87. The van der Waals surface area contributed by atoms with Crippen LogP contribution in [0.4, 0.5) is 13.2 Å². The molecule has 2 heterocycles. The van der Waals surface area contributed by atoms with E-state index in [9.17, 15) is 22.8 Å². The van der Waals surface area contributed by atoms with Gasteiger partial charge in [-0.05, 0) is 18.6 Å². The highest BCUT2D eigenvalue weighted by Crippen LogP contribution is 2.58. The maximum absolute atomic E-state index is 14.6. The molecule has 0 spiro atoms. The summed E-state index contributed by atoms with van der Waals surface area (Å²) in [6.07, 6.45) is -0.474. The SMILES string of the molecule is COC(=O)C1=C(C)NC2=C(C(=O)OC2)[C@@H]1c1cccc(F)c1[C@@H]1CC1(F)F. The minimum atomic E-state index is -3.01. The standard InChI is InChI=1S/C19H16F3NO4/c1-8-13(17(24)26-2)15(16-12(23-8)7-27-18(16)25)9-4-3-5-11(20)14(9)10-6-19(10,21)22/h3-5,10,15,23H,6-7H2,1-2H3/t10-,15+/m0/s1. The lowest BCUT2D eigenvalue weighted by molar-refractivity contribution is -0.136. The van der Waals surface area contributed by atoms with Crippen molar-refractivity contribution in [3.05, 3.63) is 57.7 Å². The molecule has 1 aromatic rings. The highest BCUT2D eigenvalue weighted by atomic mass is 19.3. The molecule has 2 aliphatic heterocycles. The van der Waals surface area contributed by atoms with Crippen molar-refractivity contribution in [1.82, 2.24) is 5.32 Å². The van der Waals surface area contributed by atoms with Gasteiger partial charge in [0.05, 0.1) is 35.8 Å². The average Bonchev–Trinajstić information content (AvgIpc) is 3.09. The number of halogens is 3. The third kappa shape index (κ3) is 2.62. The lowest BCUT2D eigenvalue weighted by Gasteiger charge is -2.29. The monoisotopic (exact) mass is 379 g/mol. The molecular formula is C19H16F3NO4. The Balaban J connectivity index is 1.94. The molecule has 1 saturated carbocycles. The second-order valence-corrected chi connectivity index (χ2v) is 6.82. The van der Waals surface area contributed by atoms with Gasteiger partial charge in [-0.3, -0.25) is 0 Å². The van der Waals surface area contributed by atoms with Crippen LogP contribution in [0.5, 0.6) is 0 Å². The van der Waals surface area contributed by atoms with Crippen molar-refractivity contribution >= 4 is 11.9 Å². The summed E-state index contributed by atoms with van der Waals surface area (Å²) in [5, 5.41) is 2.94. The van der Waals surface area contributed by atoms with Crippen LogP contribution in [0.3, 0.4) is 0 Å². The van der Waals surface area contributed by atoms with Gasteiger partial charge < -0.3 is 14.8 Å². The molecule has 0 unspecified atom stereocenters. The number of rotatable bonds is 3. The normalized spacial score (nSPS) is 25.7. The molecule has 0 aromatic heterocycles. The molecule has 0 saturated heterocycles. The Bertz CT molecular complexity index is 935. The first-order chi connectivity index (χ1) is 12.8. The largest absolute Gasteiger partial charge is 0.466 e. The van der Waals surface area contributed by atoms with Crippen molar-refractivity contribution < 1.29 is 32.2 Å². The number of esters is 2. The van der Waals surface area contributed by atoms with Crippen LogP contribution < -0.4 is 5.32 Å². The summed E-state index contributed by atoms with van der Waals surface area (Å²) < 4.78 is 52.0. The van der Waals surface area contributed by atoms with Gasteiger partial charge in [0.2, 0.25) is 0 Å². The third-order valence-electron chi connectivity index (χ3n) is 5.19. The summed E-state index contributed by atoms with van der Waals surface area (Å²) in [4.78, 5) is 24.8. The lowest BCUT2D eigenvalue weighted by atomic mass is 9.78. The Morgan fingerprint density at radius 1 is 1.37 bits per heavy atom. The minimum absolute atomic E-state index is 0.0271. The molecule has 8 heteroatoms. The zero-order valence-corrected chi connectivity index (χ0v) is 14.6. The Labute approximate surface area is 152 Å². The molecule has 0 amide bonds. The molecule has 27 heavy (non-hydrogen) atoms. The van der Waals surface area contributed by atoms with Crippen molar-refractivity contribution in [2.75, 3.05) is 13.7 Å². The van der Waals surface area contributed by atoms with Crippen LogP contribution in [0.1, 0.15) is 36.3 Å². The Morgan fingerprint density at radius 3 is 2.70 bits per heavy atom. The fourth-order valence-corrected chi connectivity index (χ4v) is 3.86. The maximum atomic E-state index is 14.6. The number of benzene rings is 1. The van der Waals surface area contributed by atoms with E-state index in [1.807, 2.05) is 0 Å². The number of carbonyl (C=O) groups is 2. The summed E-state index contributed by atoms with van der Waals surface area (Å²) in [5.41, 5.74) is 1.03. The average molecular weight is 379 g/mol. The van der Waals surface area contributed by atoms with Crippen LogP contribution in [0, 0.1) is 5.82 Å². The van der Waals surface area contributed by atoms with E-state index in [4.69, 9.17) is 9.47 Å². The zero-order valence-electron chi connectivity index (χ0n) is 14.6. The summed E-state index contributed by atoms with van der Waals surface area (Å²) in [6, 6.07) is 3.95. The number of hydrogen-bond donors (Lipinski definition) is 1. The predicted octanol–water partition coefficient (Wildman–Crippen LogP) is 2.89. The molecule has 0 bridgehead atoms.